The summed E-state index contributed by atoms with van der Waals surface area (Å²) in [6.45, 7) is 20.3. The lowest BCUT2D eigenvalue weighted by Gasteiger charge is -2.35. The van der Waals surface area contributed by atoms with E-state index in [1.807, 2.05) is 18.2 Å². The molecule has 0 spiro atoms. The van der Waals surface area contributed by atoms with E-state index in [4.69, 9.17) is 6.57 Å². The van der Waals surface area contributed by atoms with Crippen molar-refractivity contribution in [1.82, 2.24) is 4.57 Å². The number of aromatic nitrogens is 1. The second kappa shape index (κ2) is 20.7. The minimum absolute atomic E-state index is 0.0470. The van der Waals surface area contributed by atoms with Crippen molar-refractivity contribution in [2.45, 2.75) is 116 Å². The van der Waals surface area contributed by atoms with Gasteiger partial charge in [0, 0.05) is 37.6 Å². The molecule has 2 aliphatic carbocycles. The van der Waals surface area contributed by atoms with Crippen molar-refractivity contribution in [3.63, 3.8) is 0 Å². The van der Waals surface area contributed by atoms with Gasteiger partial charge in [-0.05, 0) is 137 Å². The number of thiophene rings is 1. The summed E-state index contributed by atoms with van der Waals surface area (Å²) in [5.41, 5.74) is 14.8. The second-order valence-electron chi connectivity index (χ2n) is 18.8. The van der Waals surface area contributed by atoms with E-state index in [-0.39, 0.29) is 31.6 Å². The Bertz CT molecular complexity index is 3210. The van der Waals surface area contributed by atoms with Gasteiger partial charge in [-0.3, -0.25) is 4.79 Å². The smallest absolute Gasteiger partial charge is 0.295 e. The molecule has 0 fully saturated rings. The van der Waals surface area contributed by atoms with E-state index in [1.54, 1.807) is 6.08 Å². The van der Waals surface area contributed by atoms with Crippen LogP contribution in [0.3, 0.4) is 0 Å². The molecule has 0 unspecified atom stereocenters. The summed E-state index contributed by atoms with van der Waals surface area (Å²) >= 11 is 2.52. The molecule has 0 amide bonds. The number of anilines is 3. The molecule has 0 radical (unpaired) electrons. The van der Waals surface area contributed by atoms with Crippen molar-refractivity contribution in [2.75, 3.05) is 4.90 Å². The highest BCUT2D eigenvalue weighted by atomic mass is 32.1. The first-order valence-electron chi connectivity index (χ1n) is 25.0. The predicted octanol–water partition coefficient (Wildman–Crippen LogP) is 15.7. The molecular weight excluding hydrogens is 901 g/mol. The van der Waals surface area contributed by atoms with Crippen molar-refractivity contribution < 1.29 is 10.1 Å². The van der Waals surface area contributed by atoms with Gasteiger partial charge in [-0.2, -0.15) is 0 Å². The van der Waals surface area contributed by atoms with Gasteiger partial charge in [-0.15, -0.1) is 22.7 Å². The molecule has 0 atom stereocenters. The van der Waals surface area contributed by atoms with Crippen LogP contribution in [0.5, 0.6) is 0 Å². The highest BCUT2D eigenvalue weighted by Crippen LogP contribution is 2.58. The van der Waals surface area contributed by atoms with Crippen molar-refractivity contribution >= 4 is 57.4 Å². The van der Waals surface area contributed by atoms with Gasteiger partial charge in [0.25, 0.3) is 11.3 Å². The van der Waals surface area contributed by atoms with Crippen LogP contribution in [0.2, 0.25) is 0 Å². The van der Waals surface area contributed by atoms with Crippen molar-refractivity contribution in [1.29, 1.82) is 5.26 Å². The first kappa shape index (κ1) is 48.3. The average Bonchev–Trinajstić information content (AvgIpc) is 4.14. The molecule has 0 saturated heterocycles. The van der Waals surface area contributed by atoms with E-state index in [9.17, 15) is 15.3 Å². The Morgan fingerprint density at radius 1 is 0.700 bits per heavy atom. The average molecular weight is 961 g/mol. The maximum Gasteiger partial charge on any atom is 0.295 e. The van der Waals surface area contributed by atoms with E-state index >= 15 is 0 Å². The molecule has 70 heavy (non-hydrogen) atoms. The lowest BCUT2D eigenvalue weighted by molar-refractivity contribution is -0.176. The molecule has 1 N–H and O–H groups in total. The van der Waals surface area contributed by atoms with Crippen molar-refractivity contribution in [3.05, 3.63) is 186 Å². The maximum absolute atomic E-state index is 13.5. The highest BCUT2D eigenvalue weighted by molar-refractivity contribution is 7.16. The summed E-state index contributed by atoms with van der Waals surface area (Å²) in [4.78, 5) is 25.4. The van der Waals surface area contributed by atoms with Gasteiger partial charge in [0.15, 0.2) is 0 Å². The van der Waals surface area contributed by atoms with Crippen LogP contribution in [0.25, 0.3) is 55.2 Å². The number of nitrogens with zero attached hydrogens (tertiary/aromatic N) is 4. The lowest BCUT2D eigenvalue weighted by atomic mass is 9.70. The van der Waals surface area contributed by atoms with E-state index in [1.165, 1.54) is 81.5 Å². The Kier molecular flexibility index (Phi) is 14.3. The number of rotatable bonds is 19. The fraction of sp³-hybridized carbons (Fsp3) is 0.295. The number of hydrogen-bond acceptors (Lipinski definition) is 7. The molecule has 9 rings (SSSR count). The van der Waals surface area contributed by atoms with Gasteiger partial charge in [-0.25, -0.2) is 19.9 Å². The topological polar surface area (TPSA) is 82.9 Å². The van der Waals surface area contributed by atoms with E-state index < -0.39 is 5.56 Å². The fourth-order valence-corrected chi connectivity index (χ4v) is 13.4. The third-order valence-corrected chi connectivity index (χ3v) is 16.9. The van der Waals surface area contributed by atoms with Crippen LogP contribution < -0.4 is 19.7 Å². The Morgan fingerprint density at radius 2 is 1.19 bits per heavy atom. The molecule has 2 heterocycles. The van der Waals surface area contributed by atoms with Gasteiger partial charge >= 0.3 is 0 Å². The first-order valence-corrected chi connectivity index (χ1v) is 26.6. The molecule has 7 aromatic rings. The summed E-state index contributed by atoms with van der Waals surface area (Å²) in [6, 6.07) is 47.5. The maximum atomic E-state index is 13.5. The molecule has 0 saturated carbocycles. The third-order valence-electron chi connectivity index (χ3n) is 14.8. The number of fused-ring (bicyclic) bond motifs is 6. The molecule has 2 aromatic heterocycles. The molecule has 7 nitrogen and oxygen atoms in total. The lowest BCUT2D eigenvalue weighted by Crippen LogP contribution is -2.31. The number of hydrogen-bond donors (Lipinski definition) is 1. The van der Waals surface area contributed by atoms with E-state index in [0.29, 0.717) is 0 Å². The summed E-state index contributed by atoms with van der Waals surface area (Å²) in [5, 5.41) is 18.9. The molecule has 354 valence electrons. The zero-order valence-corrected chi connectivity index (χ0v) is 42.3. The minimum Gasteiger partial charge on any atom is -0.322 e. The first-order chi connectivity index (χ1) is 34.2. The third kappa shape index (κ3) is 8.45. The van der Waals surface area contributed by atoms with Gasteiger partial charge in [0.1, 0.15) is 4.66 Å². The summed E-state index contributed by atoms with van der Waals surface area (Å²) < 4.78 is 1.28. The van der Waals surface area contributed by atoms with Gasteiger partial charge in [0.05, 0.1) is 17.2 Å². The molecule has 9 heteroatoms. The van der Waals surface area contributed by atoms with Gasteiger partial charge < -0.3 is 9.79 Å². The van der Waals surface area contributed by atoms with Gasteiger partial charge in [-0.1, -0.05) is 152 Å². The molecule has 5 aromatic carbocycles. The largest absolute Gasteiger partial charge is 0.322 e. The van der Waals surface area contributed by atoms with Gasteiger partial charge in [0.2, 0.25) is 5.88 Å². The Labute approximate surface area is 420 Å². The minimum atomic E-state index is -0.540. The predicted molar refractivity (Wildman–Crippen MR) is 291 cm³/mol. The van der Waals surface area contributed by atoms with Crippen LogP contribution in [-0.4, -0.2) is 9.82 Å². The van der Waals surface area contributed by atoms with E-state index in [2.05, 4.69) is 158 Å². The molecule has 2 aliphatic rings. The number of thiazole rings is 1. The molecule has 0 bridgehead atoms. The van der Waals surface area contributed by atoms with E-state index in [0.717, 1.165) is 99.7 Å². The summed E-state index contributed by atoms with van der Waals surface area (Å²) in [5.74, 6) is -0.386. The molecule has 0 aliphatic heterocycles. The van der Waals surface area contributed by atoms with Crippen molar-refractivity contribution in [2.24, 2.45) is 0 Å². The number of nitriles is 1. The van der Waals surface area contributed by atoms with Crippen LogP contribution in [0.15, 0.2) is 133 Å². The standard InChI is InChI=1S/C61H60N4O3S2/c1-7-11-33-60(34-12-8-2)51-21-17-15-19-47(51)49-30-27-44(37-53(49)60)65(45-28-31-50-48-20-16-18-22-52(48)61(35-13-9-3,36-14-10-4)54(50)38-45)43-25-23-42(24-26-43)56-32-29-46(69-56)39-57-58(66)64(41(5)68-67)59(70-57)55(40-62)63-6/h15-32,37-39,67H,5,7-14,33-36H2,1-4H3/b57-39-,59-55+. The van der Waals surface area contributed by atoms with Crippen LogP contribution in [-0.2, 0) is 15.7 Å². The monoisotopic (exact) mass is 960 g/mol. The number of unbranched alkanes of at least 4 members (excludes halogenated alkanes) is 4. The van der Waals surface area contributed by atoms with Crippen LogP contribution >= 0.6 is 22.7 Å². The van der Waals surface area contributed by atoms with Crippen LogP contribution in [0.1, 0.15) is 132 Å². The Balaban J connectivity index is 1.19. The highest BCUT2D eigenvalue weighted by Gasteiger charge is 2.44. The summed E-state index contributed by atoms with van der Waals surface area (Å²) in [6.07, 6.45) is 15.5. The van der Waals surface area contributed by atoms with Crippen molar-refractivity contribution in [3.8, 4) is 38.8 Å². The zero-order chi connectivity index (χ0) is 49.0. The normalized spacial score (nSPS) is 14.2. The fourth-order valence-electron chi connectivity index (χ4n) is 11.4. The molecular formula is C61H60N4O3S2. The Morgan fingerprint density at radius 3 is 1.66 bits per heavy atom. The van der Waals surface area contributed by atoms with Crippen LogP contribution in [0, 0.1) is 17.9 Å². The zero-order valence-electron chi connectivity index (χ0n) is 40.7. The number of benzene rings is 5. The summed E-state index contributed by atoms with van der Waals surface area (Å²) in [7, 11) is 0. The SMILES string of the molecule is [C-]#[N+]/C(C#N)=c1/s/c(=C\c2ccc(-c3ccc(N(c4ccc5c(c4)C(CCCC)(CCCC)c4ccccc4-5)c4ccc5c(c4)C(CCCC)(CCCC)c4ccccc4-5)cc3)s2)c(=O)n1C(=C)OO. The van der Waals surface area contributed by atoms with Crippen LogP contribution in [0.4, 0.5) is 17.1 Å². The quantitative estimate of drug-likeness (QED) is 0.0378. The Hall–Kier alpha value is -6.75. The second-order valence-corrected chi connectivity index (χ2v) is 21.0.